The van der Waals surface area contributed by atoms with Crippen LogP contribution in [0.2, 0.25) is 0 Å². The second-order valence-corrected chi connectivity index (χ2v) is 9.61. The number of aliphatic imine (C=N–C) groups is 2. The molecule has 0 bridgehead atoms. The zero-order valence-electron chi connectivity index (χ0n) is 19.9. The molecule has 12 heteroatoms. The molecule has 1 amide bonds. The molecule has 3 atom stereocenters. The van der Waals surface area contributed by atoms with Gasteiger partial charge in [0.05, 0.1) is 23.5 Å². The highest BCUT2D eigenvalue weighted by molar-refractivity contribution is 7.18. The van der Waals surface area contributed by atoms with Gasteiger partial charge < -0.3 is 11.1 Å². The van der Waals surface area contributed by atoms with Gasteiger partial charge in [0.2, 0.25) is 5.91 Å². The van der Waals surface area contributed by atoms with E-state index in [2.05, 4.69) is 29.6 Å². The van der Waals surface area contributed by atoms with Gasteiger partial charge in [-0.15, -0.1) is 0 Å². The van der Waals surface area contributed by atoms with Crippen LogP contribution in [-0.4, -0.2) is 53.0 Å². The second-order valence-electron chi connectivity index (χ2n) is 8.53. The third-order valence-corrected chi connectivity index (χ3v) is 4.98. The highest BCUT2D eigenvalue weighted by Crippen LogP contribution is 2.32. The molecule has 1 rings (SSSR count). The number of carbonyl (C=O) groups is 2. The van der Waals surface area contributed by atoms with Crippen molar-refractivity contribution in [3.8, 4) is 0 Å². The Kier molecular flexibility index (Phi) is 10.8. The van der Waals surface area contributed by atoms with Crippen molar-refractivity contribution in [1.82, 2.24) is 15.1 Å². The van der Waals surface area contributed by atoms with E-state index >= 15 is 0 Å². The third-order valence-electron chi connectivity index (χ3n) is 4.68. The van der Waals surface area contributed by atoms with Gasteiger partial charge >= 0.3 is 6.55 Å². The quantitative estimate of drug-likeness (QED) is 0.151. The first-order valence-corrected chi connectivity index (χ1v) is 11.0. The average Bonchev–Trinajstić information content (AvgIpc) is 3.14. The van der Waals surface area contributed by atoms with Crippen molar-refractivity contribution in [2.24, 2.45) is 21.6 Å². The summed E-state index contributed by atoms with van der Waals surface area (Å²) in [5.74, 6) is -0.925. The highest BCUT2D eigenvalue weighted by Gasteiger charge is 2.29. The van der Waals surface area contributed by atoms with Crippen LogP contribution in [-0.2, 0) is 21.5 Å². The number of nitrogens with one attached hydrogen (secondary N) is 1. The molecular formula is C22H32F3N6O2P. The standard InChI is InChI=1S/C22H32F3N6O2P/c1-14(9-15(11-26)12-28-20(23)24)19(33)29-21(2,3)13-31-17(16(27-5)7-6-8-32)10-18(30-31)22(4,25)34/h6-8,10-12,14,20H,9,13,26,34H2,1-5H3,(H,29,33)/b7-6-,15-11-,27-16?,28-12+. The van der Waals surface area contributed by atoms with E-state index in [4.69, 9.17) is 5.73 Å². The van der Waals surface area contributed by atoms with Crippen LogP contribution >= 0.6 is 9.24 Å². The molecule has 0 aromatic carbocycles. The number of nitrogens with zero attached hydrogens (tertiary/aromatic N) is 4. The van der Waals surface area contributed by atoms with Crippen molar-refractivity contribution < 1.29 is 22.8 Å². The van der Waals surface area contributed by atoms with Gasteiger partial charge in [-0.25, -0.2) is 9.38 Å². The van der Waals surface area contributed by atoms with Crippen molar-refractivity contribution >= 4 is 33.4 Å². The van der Waals surface area contributed by atoms with E-state index in [0.29, 0.717) is 23.3 Å². The number of aldehydes is 1. The maximum absolute atomic E-state index is 14.6. The molecule has 0 aliphatic rings. The van der Waals surface area contributed by atoms with Gasteiger partial charge in [-0.1, -0.05) is 16.2 Å². The van der Waals surface area contributed by atoms with E-state index in [1.807, 2.05) is 0 Å². The van der Waals surface area contributed by atoms with Gasteiger partial charge in [-0.05, 0) is 57.2 Å². The summed E-state index contributed by atoms with van der Waals surface area (Å²) in [5, 5.41) is 5.45. The number of rotatable bonds is 12. The van der Waals surface area contributed by atoms with Crippen LogP contribution in [0.4, 0.5) is 13.2 Å². The topological polar surface area (TPSA) is 115 Å². The molecule has 1 aromatic rings. The molecule has 1 heterocycles. The zero-order valence-corrected chi connectivity index (χ0v) is 21.1. The Morgan fingerprint density at radius 1 is 1.38 bits per heavy atom. The largest absolute Gasteiger partial charge is 0.404 e. The predicted octanol–water partition coefficient (Wildman–Crippen LogP) is 3.13. The lowest BCUT2D eigenvalue weighted by atomic mass is 9.98. The predicted molar refractivity (Wildman–Crippen MR) is 131 cm³/mol. The SMILES string of the molecule is CN=C(/C=C\C=O)c1cc(C(C)(F)P)nn1CC(C)(C)NC(=O)C(C)CC(=C/N)/C=N/C(F)F. The number of hydrogen-bond donors (Lipinski definition) is 2. The first-order chi connectivity index (χ1) is 15.7. The van der Waals surface area contributed by atoms with Gasteiger partial charge in [0.1, 0.15) is 12.0 Å². The number of amides is 1. The number of halogens is 3. The van der Waals surface area contributed by atoms with Crippen molar-refractivity contribution in [3.63, 3.8) is 0 Å². The fourth-order valence-corrected chi connectivity index (χ4v) is 3.16. The van der Waals surface area contributed by atoms with Crippen molar-refractivity contribution in [2.45, 2.75) is 58.2 Å². The molecule has 1 aromatic heterocycles. The Morgan fingerprint density at radius 2 is 2.03 bits per heavy atom. The van der Waals surface area contributed by atoms with Gasteiger partial charge in [-0.3, -0.25) is 19.3 Å². The Hall–Kier alpha value is -2.81. The van der Waals surface area contributed by atoms with Crippen LogP contribution in [0.15, 0.2) is 40.0 Å². The Bertz CT molecular complexity index is 978. The number of carbonyl (C=O) groups excluding carboxylic acids is 2. The number of hydrogen-bond acceptors (Lipinski definition) is 6. The first-order valence-electron chi connectivity index (χ1n) is 10.4. The van der Waals surface area contributed by atoms with Crippen LogP contribution < -0.4 is 11.1 Å². The lowest BCUT2D eigenvalue weighted by Gasteiger charge is -2.29. The highest BCUT2D eigenvalue weighted by atomic mass is 31.0. The molecule has 0 radical (unpaired) electrons. The normalized spacial score (nSPS) is 16.3. The smallest absolute Gasteiger partial charge is 0.331 e. The maximum atomic E-state index is 14.6. The fraction of sp³-hybridized carbons (Fsp3) is 0.500. The van der Waals surface area contributed by atoms with Gasteiger partial charge in [0, 0.05) is 19.2 Å². The number of allylic oxidation sites excluding steroid dienone is 3. The van der Waals surface area contributed by atoms with Gasteiger partial charge in [0.15, 0.2) is 5.41 Å². The average molecular weight is 501 g/mol. The van der Waals surface area contributed by atoms with Crippen molar-refractivity contribution in [1.29, 1.82) is 0 Å². The fourth-order valence-electron chi connectivity index (χ4n) is 3.02. The summed E-state index contributed by atoms with van der Waals surface area (Å²) in [6.07, 6.45) is 5.55. The van der Waals surface area contributed by atoms with E-state index in [-0.39, 0.29) is 24.6 Å². The molecule has 0 saturated carbocycles. The van der Waals surface area contributed by atoms with Crippen LogP contribution in [0, 0.1) is 5.92 Å². The molecule has 0 fully saturated rings. The van der Waals surface area contributed by atoms with E-state index < -0.39 is 23.4 Å². The second kappa shape index (κ2) is 12.6. The molecule has 34 heavy (non-hydrogen) atoms. The molecular weight excluding hydrogens is 468 g/mol. The van der Waals surface area contributed by atoms with E-state index in [1.54, 1.807) is 20.8 Å². The monoisotopic (exact) mass is 500 g/mol. The number of alkyl halides is 3. The molecule has 188 valence electrons. The summed E-state index contributed by atoms with van der Waals surface area (Å²) in [7, 11) is 3.61. The van der Waals surface area contributed by atoms with Crippen molar-refractivity contribution in [3.05, 3.63) is 41.4 Å². The summed E-state index contributed by atoms with van der Waals surface area (Å²) in [6, 6.07) is 1.53. The van der Waals surface area contributed by atoms with Gasteiger partial charge in [-0.2, -0.15) is 13.9 Å². The van der Waals surface area contributed by atoms with Crippen LogP contribution in [0.3, 0.4) is 0 Å². The minimum Gasteiger partial charge on any atom is -0.404 e. The van der Waals surface area contributed by atoms with Crippen LogP contribution in [0.25, 0.3) is 0 Å². The summed E-state index contributed by atoms with van der Waals surface area (Å²) in [5.41, 5.74) is 5.93. The number of aromatic nitrogens is 2. The van der Waals surface area contributed by atoms with E-state index in [1.165, 1.54) is 36.9 Å². The molecule has 0 aliphatic carbocycles. The zero-order chi connectivity index (χ0) is 26.1. The summed E-state index contributed by atoms with van der Waals surface area (Å²) in [4.78, 5) is 30.7. The van der Waals surface area contributed by atoms with E-state index in [9.17, 15) is 22.8 Å². The Labute approximate surface area is 199 Å². The van der Waals surface area contributed by atoms with Crippen LogP contribution in [0.1, 0.15) is 45.5 Å². The summed E-state index contributed by atoms with van der Waals surface area (Å²) in [6.45, 7) is 3.79. The molecule has 3 N–H and O–H groups in total. The third kappa shape index (κ3) is 9.21. The van der Waals surface area contributed by atoms with Crippen molar-refractivity contribution in [2.75, 3.05) is 7.05 Å². The lowest BCUT2D eigenvalue weighted by molar-refractivity contribution is -0.126. The summed E-state index contributed by atoms with van der Waals surface area (Å²) < 4.78 is 40.7. The molecule has 8 nitrogen and oxygen atoms in total. The Balaban J connectivity index is 3.12. The lowest BCUT2D eigenvalue weighted by Crippen LogP contribution is -2.49. The van der Waals surface area contributed by atoms with Crippen LogP contribution in [0.5, 0.6) is 0 Å². The first kappa shape index (κ1) is 29.2. The molecule has 0 spiro atoms. The molecule has 3 unspecified atom stereocenters. The molecule has 0 aliphatic heterocycles. The van der Waals surface area contributed by atoms with Gasteiger partial charge in [0.25, 0.3) is 0 Å². The maximum Gasteiger partial charge on any atom is 0.331 e. The minimum atomic E-state index is -2.86. The van der Waals surface area contributed by atoms with E-state index in [0.717, 1.165) is 12.4 Å². The molecule has 0 saturated heterocycles. The number of nitrogens with two attached hydrogens (primary N) is 1. The minimum absolute atomic E-state index is 0.113. The summed E-state index contributed by atoms with van der Waals surface area (Å²) >= 11 is 0. The Morgan fingerprint density at radius 3 is 2.53 bits per heavy atom.